The fourth-order valence-corrected chi connectivity index (χ4v) is 3.37. The summed E-state index contributed by atoms with van der Waals surface area (Å²) in [7, 11) is 0. The minimum Gasteiger partial charge on any atom is -0.345 e. The van der Waals surface area contributed by atoms with E-state index in [2.05, 4.69) is 15.4 Å². The first-order chi connectivity index (χ1) is 15.1. The SMILES string of the molecule is O=C(NC(Cc1ccccc1)c1ccccc1)c1ccc(-n2cncn2)c([N+](=O)[O-])c1. The van der Waals surface area contributed by atoms with Gasteiger partial charge < -0.3 is 5.32 Å². The van der Waals surface area contributed by atoms with Gasteiger partial charge in [-0.25, -0.2) is 9.67 Å². The maximum absolute atomic E-state index is 13.0. The van der Waals surface area contributed by atoms with Crippen LogP contribution in [0.5, 0.6) is 0 Å². The Morgan fingerprint density at radius 1 is 1.03 bits per heavy atom. The first kappa shape index (κ1) is 20.0. The zero-order valence-corrected chi connectivity index (χ0v) is 16.5. The first-order valence-corrected chi connectivity index (χ1v) is 9.65. The molecule has 0 aliphatic heterocycles. The Morgan fingerprint density at radius 2 is 1.74 bits per heavy atom. The highest BCUT2D eigenvalue weighted by atomic mass is 16.6. The van der Waals surface area contributed by atoms with E-state index in [9.17, 15) is 14.9 Å². The molecule has 31 heavy (non-hydrogen) atoms. The van der Waals surface area contributed by atoms with Crippen LogP contribution in [0.2, 0.25) is 0 Å². The average molecular weight is 413 g/mol. The topological polar surface area (TPSA) is 103 Å². The van der Waals surface area contributed by atoms with Gasteiger partial charge in [0, 0.05) is 11.6 Å². The third kappa shape index (κ3) is 4.64. The molecule has 1 N–H and O–H groups in total. The Balaban J connectivity index is 1.62. The number of hydrogen-bond donors (Lipinski definition) is 1. The van der Waals surface area contributed by atoms with Crippen LogP contribution in [-0.4, -0.2) is 25.6 Å². The highest BCUT2D eigenvalue weighted by Crippen LogP contribution is 2.25. The maximum Gasteiger partial charge on any atom is 0.295 e. The van der Waals surface area contributed by atoms with Crippen molar-refractivity contribution in [1.29, 1.82) is 0 Å². The van der Waals surface area contributed by atoms with Gasteiger partial charge in [0.2, 0.25) is 0 Å². The second-order valence-corrected chi connectivity index (χ2v) is 6.93. The molecule has 0 aliphatic carbocycles. The molecule has 0 aliphatic rings. The lowest BCUT2D eigenvalue weighted by Gasteiger charge is -2.20. The van der Waals surface area contributed by atoms with Gasteiger partial charge in [0.1, 0.15) is 18.3 Å². The Bertz CT molecular complexity index is 1180. The lowest BCUT2D eigenvalue weighted by Crippen LogP contribution is -2.30. The van der Waals surface area contributed by atoms with Crippen LogP contribution in [0.3, 0.4) is 0 Å². The molecule has 4 rings (SSSR count). The number of benzene rings is 3. The Labute approximate surface area is 178 Å². The highest BCUT2D eigenvalue weighted by molar-refractivity contribution is 5.95. The van der Waals surface area contributed by atoms with Gasteiger partial charge >= 0.3 is 0 Å². The zero-order valence-electron chi connectivity index (χ0n) is 16.5. The Morgan fingerprint density at radius 3 is 2.39 bits per heavy atom. The van der Waals surface area contributed by atoms with Crippen LogP contribution >= 0.6 is 0 Å². The van der Waals surface area contributed by atoms with Gasteiger partial charge in [-0.15, -0.1) is 0 Å². The van der Waals surface area contributed by atoms with Gasteiger partial charge in [-0.05, 0) is 29.7 Å². The second-order valence-electron chi connectivity index (χ2n) is 6.93. The van der Waals surface area contributed by atoms with E-state index >= 15 is 0 Å². The summed E-state index contributed by atoms with van der Waals surface area (Å²) in [5, 5.41) is 18.6. The summed E-state index contributed by atoms with van der Waals surface area (Å²) in [6, 6.07) is 23.5. The van der Waals surface area contributed by atoms with Crippen molar-refractivity contribution >= 4 is 11.6 Å². The van der Waals surface area contributed by atoms with Crippen molar-refractivity contribution in [2.45, 2.75) is 12.5 Å². The second kappa shape index (κ2) is 9.00. The number of aromatic nitrogens is 3. The van der Waals surface area contributed by atoms with E-state index in [4.69, 9.17) is 0 Å². The molecule has 0 bridgehead atoms. The molecule has 8 heteroatoms. The predicted molar refractivity (Wildman–Crippen MR) is 115 cm³/mol. The number of carbonyl (C=O) groups is 1. The predicted octanol–water partition coefficient (Wildman–Crippen LogP) is 3.89. The largest absolute Gasteiger partial charge is 0.345 e. The van der Waals surface area contributed by atoms with Crippen molar-refractivity contribution in [2.75, 3.05) is 0 Å². The smallest absolute Gasteiger partial charge is 0.295 e. The number of amides is 1. The molecule has 1 atom stereocenters. The van der Waals surface area contributed by atoms with Crippen molar-refractivity contribution < 1.29 is 9.72 Å². The van der Waals surface area contributed by atoms with Crippen LogP contribution in [0.4, 0.5) is 5.69 Å². The number of nitrogens with one attached hydrogen (secondary N) is 1. The summed E-state index contributed by atoms with van der Waals surface area (Å²) in [6.07, 6.45) is 3.25. The summed E-state index contributed by atoms with van der Waals surface area (Å²) >= 11 is 0. The fourth-order valence-electron chi connectivity index (χ4n) is 3.37. The van der Waals surface area contributed by atoms with Crippen LogP contribution in [0, 0.1) is 10.1 Å². The quantitative estimate of drug-likeness (QED) is 0.366. The number of hydrogen-bond acceptors (Lipinski definition) is 5. The number of rotatable bonds is 7. The highest BCUT2D eigenvalue weighted by Gasteiger charge is 2.22. The van der Waals surface area contributed by atoms with Crippen LogP contribution in [0.25, 0.3) is 5.69 Å². The molecule has 0 spiro atoms. The monoisotopic (exact) mass is 413 g/mol. The first-order valence-electron chi connectivity index (χ1n) is 9.65. The van der Waals surface area contributed by atoms with E-state index in [1.54, 1.807) is 6.07 Å². The summed E-state index contributed by atoms with van der Waals surface area (Å²) < 4.78 is 1.29. The lowest BCUT2D eigenvalue weighted by atomic mass is 9.98. The van der Waals surface area contributed by atoms with Gasteiger partial charge in [0.15, 0.2) is 0 Å². The summed E-state index contributed by atoms with van der Waals surface area (Å²) in [6.45, 7) is 0. The molecule has 0 radical (unpaired) electrons. The van der Waals surface area contributed by atoms with Crippen LogP contribution in [0.1, 0.15) is 27.5 Å². The molecule has 8 nitrogen and oxygen atoms in total. The van der Waals surface area contributed by atoms with E-state index in [0.717, 1.165) is 11.1 Å². The van der Waals surface area contributed by atoms with Crippen molar-refractivity contribution in [3.05, 3.63) is 118 Å². The van der Waals surface area contributed by atoms with E-state index in [0.29, 0.717) is 6.42 Å². The molecule has 4 aromatic rings. The molecule has 0 fully saturated rings. The van der Waals surface area contributed by atoms with E-state index in [1.807, 2.05) is 60.7 Å². The summed E-state index contributed by atoms with van der Waals surface area (Å²) in [5.74, 6) is -0.391. The molecule has 1 aromatic heterocycles. The zero-order chi connectivity index (χ0) is 21.6. The van der Waals surface area contributed by atoms with Gasteiger partial charge in [-0.3, -0.25) is 14.9 Å². The van der Waals surface area contributed by atoms with Crippen LogP contribution in [0.15, 0.2) is 91.5 Å². The number of nitro groups is 1. The molecular formula is C23H19N5O3. The van der Waals surface area contributed by atoms with Crippen LogP contribution in [-0.2, 0) is 6.42 Å². The maximum atomic E-state index is 13.0. The minimum atomic E-state index is -0.535. The molecule has 1 amide bonds. The van der Waals surface area contributed by atoms with Crippen molar-refractivity contribution in [3.8, 4) is 5.69 Å². The Kier molecular flexibility index (Phi) is 5.79. The normalized spacial score (nSPS) is 11.6. The fraction of sp³-hybridized carbons (Fsp3) is 0.0870. The van der Waals surface area contributed by atoms with E-state index in [-0.39, 0.29) is 23.0 Å². The van der Waals surface area contributed by atoms with Gasteiger partial charge in [0.25, 0.3) is 11.6 Å². The van der Waals surface area contributed by atoms with Crippen molar-refractivity contribution in [2.24, 2.45) is 0 Å². The van der Waals surface area contributed by atoms with Crippen LogP contribution < -0.4 is 5.32 Å². The van der Waals surface area contributed by atoms with Gasteiger partial charge in [-0.2, -0.15) is 5.10 Å². The molecular weight excluding hydrogens is 394 g/mol. The van der Waals surface area contributed by atoms with Crippen molar-refractivity contribution in [3.63, 3.8) is 0 Å². The average Bonchev–Trinajstić information content (AvgIpc) is 3.34. The number of carbonyl (C=O) groups excluding carboxylic acids is 1. The van der Waals surface area contributed by atoms with Gasteiger partial charge in [0.05, 0.1) is 11.0 Å². The summed E-state index contributed by atoms with van der Waals surface area (Å²) in [4.78, 5) is 27.9. The lowest BCUT2D eigenvalue weighted by molar-refractivity contribution is -0.384. The molecule has 1 heterocycles. The standard InChI is InChI=1S/C23H19N5O3/c29-23(19-11-12-21(22(14-19)28(30)31)27-16-24-15-25-27)26-20(18-9-5-2-6-10-18)13-17-7-3-1-4-8-17/h1-12,14-16,20H,13H2,(H,26,29). The number of nitrogens with zero attached hydrogens (tertiary/aromatic N) is 4. The molecule has 3 aromatic carbocycles. The molecule has 0 saturated carbocycles. The summed E-state index contributed by atoms with van der Waals surface area (Å²) in [5.41, 5.74) is 2.24. The Hall–Kier alpha value is -4.33. The third-order valence-electron chi connectivity index (χ3n) is 4.89. The van der Waals surface area contributed by atoms with Gasteiger partial charge in [-0.1, -0.05) is 60.7 Å². The minimum absolute atomic E-state index is 0.199. The molecule has 1 unspecified atom stereocenters. The number of nitro benzene ring substituents is 1. The molecule has 0 saturated heterocycles. The van der Waals surface area contributed by atoms with Crippen molar-refractivity contribution in [1.82, 2.24) is 20.1 Å². The molecule has 154 valence electrons. The van der Waals surface area contributed by atoms with E-state index in [1.165, 1.54) is 29.5 Å². The third-order valence-corrected chi connectivity index (χ3v) is 4.89. The van der Waals surface area contributed by atoms with E-state index < -0.39 is 10.8 Å².